The molecule has 1 amide bonds. The van der Waals surface area contributed by atoms with Crippen molar-refractivity contribution in [2.24, 2.45) is 0 Å². The first kappa shape index (κ1) is 13.3. The third-order valence-corrected chi connectivity index (χ3v) is 2.76. The van der Waals surface area contributed by atoms with E-state index < -0.39 is 0 Å². The molecule has 0 spiro atoms. The van der Waals surface area contributed by atoms with Crippen LogP contribution in [-0.2, 0) is 4.79 Å². The molecule has 2 rings (SSSR count). The SMILES string of the molecule is C[C@@H]([NH2+]CC(=O)Nc1cccc(F)c1)c1ccco1. The maximum Gasteiger partial charge on any atom is 0.279 e. The molecule has 0 saturated heterocycles. The van der Waals surface area contributed by atoms with Crippen molar-refractivity contribution >= 4 is 11.6 Å². The van der Waals surface area contributed by atoms with E-state index in [2.05, 4.69) is 5.32 Å². The molecule has 4 nitrogen and oxygen atoms in total. The first-order chi connectivity index (χ1) is 9.15. The minimum Gasteiger partial charge on any atom is -0.463 e. The number of amides is 1. The zero-order valence-electron chi connectivity index (χ0n) is 10.6. The molecule has 0 aliphatic rings. The Kier molecular flexibility index (Phi) is 4.30. The van der Waals surface area contributed by atoms with Gasteiger partial charge in [0.15, 0.2) is 12.3 Å². The molecule has 100 valence electrons. The molecule has 3 N–H and O–H groups in total. The van der Waals surface area contributed by atoms with Crippen molar-refractivity contribution in [3.63, 3.8) is 0 Å². The van der Waals surface area contributed by atoms with Crippen LogP contribution >= 0.6 is 0 Å². The second-order valence-corrected chi connectivity index (χ2v) is 4.30. The van der Waals surface area contributed by atoms with Crippen LogP contribution in [0.5, 0.6) is 0 Å². The van der Waals surface area contributed by atoms with Crippen molar-refractivity contribution in [3.05, 3.63) is 54.2 Å². The molecule has 0 unspecified atom stereocenters. The van der Waals surface area contributed by atoms with Crippen LogP contribution in [-0.4, -0.2) is 12.5 Å². The molecule has 2 aromatic rings. The van der Waals surface area contributed by atoms with Gasteiger partial charge in [0.2, 0.25) is 0 Å². The number of nitrogens with one attached hydrogen (secondary N) is 1. The molecule has 0 aliphatic heterocycles. The van der Waals surface area contributed by atoms with Gasteiger partial charge in [-0.15, -0.1) is 0 Å². The fourth-order valence-electron chi connectivity index (χ4n) is 1.73. The number of carbonyl (C=O) groups is 1. The van der Waals surface area contributed by atoms with Crippen LogP contribution in [0.4, 0.5) is 10.1 Å². The maximum atomic E-state index is 12.9. The average Bonchev–Trinajstić information content (AvgIpc) is 2.90. The Labute approximate surface area is 110 Å². The summed E-state index contributed by atoms with van der Waals surface area (Å²) in [6.07, 6.45) is 1.60. The van der Waals surface area contributed by atoms with Crippen molar-refractivity contribution in [1.29, 1.82) is 0 Å². The maximum absolute atomic E-state index is 12.9. The largest absolute Gasteiger partial charge is 0.463 e. The Hall–Kier alpha value is -2.14. The number of quaternary nitrogens is 1. The summed E-state index contributed by atoms with van der Waals surface area (Å²) in [5.41, 5.74) is 0.462. The summed E-state index contributed by atoms with van der Waals surface area (Å²) in [5.74, 6) is 0.272. The highest BCUT2D eigenvalue weighted by atomic mass is 19.1. The van der Waals surface area contributed by atoms with Gasteiger partial charge in [-0.05, 0) is 37.3 Å². The van der Waals surface area contributed by atoms with Crippen LogP contribution in [0.25, 0.3) is 0 Å². The summed E-state index contributed by atoms with van der Waals surface area (Å²) < 4.78 is 18.2. The number of rotatable bonds is 5. The molecular weight excluding hydrogens is 247 g/mol. The lowest BCUT2D eigenvalue weighted by atomic mass is 10.2. The molecule has 0 aliphatic carbocycles. The van der Waals surface area contributed by atoms with Crippen molar-refractivity contribution in [3.8, 4) is 0 Å². The molecule has 0 saturated carbocycles. The number of hydrogen-bond donors (Lipinski definition) is 2. The third kappa shape index (κ3) is 3.93. The van der Waals surface area contributed by atoms with Gasteiger partial charge in [-0.1, -0.05) is 6.07 Å². The topological polar surface area (TPSA) is 58.9 Å². The molecule has 0 bridgehead atoms. The van der Waals surface area contributed by atoms with Crippen LogP contribution in [0.2, 0.25) is 0 Å². The van der Waals surface area contributed by atoms with Gasteiger partial charge in [-0.25, -0.2) is 4.39 Å². The second-order valence-electron chi connectivity index (χ2n) is 4.30. The van der Waals surface area contributed by atoms with Gasteiger partial charge in [0, 0.05) is 5.69 Å². The lowest BCUT2D eigenvalue weighted by Crippen LogP contribution is -2.86. The van der Waals surface area contributed by atoms with E-state index in [9.17, 15) is 9.18 Å². The second kappa shape index (κ2) is 6.15. The molecule has 1 aromatic carbocycles. The molecule has 0 fully saturated rings. The number of benzene rings is 1. The lowest BCUT2D eigenvalue weighted by molar-refractivity contribution is -0.684. The fraction of sp³-hybridized carbons (Fsp3) is 0.214. The molecule has 5 heteroatoms. The summed E-state index contributed by atoms with van der Waals surface area (Å²) in [5, 5.41) is 4.50. The predicted octanol–water partition coefficient (Wildman–Crippen LogP) is 1.68. The van der Waals surface area contributed by atoms with Gasteiger partial charge < -0.3 is 15.1 Å². The summed E-state index contributed by atoms with van der Waals surface area (Å²) in [4.78, 5) is 11.7. The van der Waals surface area contributed by atoms with E-state index in [1.165, 1.54) is 12.1 Å². The van der Waals surface area contributed by atoms with Crippen LogP contribution in [0, 0.1) is 5.82 Å². The smallest absolute Gasteiger partial charge is 0.279 e. The Morgan fingerprint density at radius 2 is 2.26 bits per heavy atom. The fourth-order valence-corrected chi connectivity index (χ4v) is 1.73. The third-order valence-electron chi connectivity index (χ3n) is 2.76. The van der Waals surface area contributed by atoms with E-state index in [4.69, 9.17) is 4.42 Å². The minimum atomic E-state index is -0.370. The number of furan rings is 1. The van der Waals surface area contributed by atoms with Crippen molar-refractivity contribution in [2.75, 3.05) is 11.9 Å². The van der Waals surface area contributed by atoms with Gasteiger partial charge in [-0.3, -0.25) is 4.79 Å². The first-order valence-corrected chi connectivity index (χ1v) is 6.07. The number of nitrogens with two attached hydrogens (primary N) is 1. The Bertz CT molecular complexity index is 540. The van der Waals surface area contributed by atoms with E-state index in [-0.39, 0.29) is 24.3 Å². The van der Waals surface area contributed by atoms with Crippen LogP contribution in [0.1, 0.15) is 18.7 Å². The van der Waals surface area contributed by atoms with Crippen LogP contribution < -0.4 is 10.6 Å². The summed E-state index contributed by atoms with van der Waals surface area (Å²) in [7, 11) is 0. The quantitative estimate of drug-likeness (QED) is 0.862. The first-order valence-electron chi connectivity index (χ1n) is 6.07. The summed E-state index contributed by atoms with van der Waals surface area (Å²) >= 11 is 0. The van der Waals surface area contributed by atoms with Gasteiger partial charge in [-0.2, -0.15) is 0 Å². The predicted molar refractivity (Wildman–Crippen MR) is 68.9 cm³/mol. The molecule has 0 radical (unpaired) electrons. The van der Waals surface area contributed by atoms with Crippen molar-refractivity contribution in [1.82, 2.24) is 0 Å². The monoisotopic (exact) mass is 263 g/mol. The van der Waals surface area contributed by atoms with E-state index in [1.807, 2.05) is 24.4 Å². The highest BCUT2D eigenvalue weighted by Crippen LogP contribution is 2.09. The number of carbonyl (C=O) groups excluding carboxylic acids is 1. The normalized spacial score (nSPS) is 12.1. The number of hydrogen-bond acceptors (Lipinski definition) is 2. The Morgan fingerprint density at radius 3 is 2.95 bits per heavy atom. The Morgan fingerprint density at radius 1 is 1.42 bits per heavy atom. The molecule has 1 atom stereocenters. The number of anilines is 1. The van der Waals surface area contributed by atoms with Gasteiger partial charge in [0.1, 0.15) is 11.9 Å². The van der Waals surface area contributed by atoms with E-state index in [1.54, 1.807) is 18.4 Å². The van der Waals surface area contributed by atoms with Crippen LogP contribution in [0.3, 0.4) is 0 Å². The van der Waals surface area contributed by atoms with Crippen molar-refractivity contribution in [2.45, 2.75) is 13.0 Å². The van der Waals surface area contributed by atoms with Gasteiger partial charge in [0.05, 0.1) is 6.26 Å². The molecular formula is C14H16FN2O2+. The van der Waals surface area contributed by atoms with Gasteiger partial charge in [0.25, 0.3) is 5.91 Å². The molecule has 19 heavy (non-hydrogen) atoms. The highest BCUT2D eigenvalue weighted by molar-refractivity contribution is 5.91. The molecule has 1 heterocycles. The van der Waals surface area contributed by atoms with E-state index in [0.717, 1.165) is 5.76 Å². The van der Waals surface area contributed by atoms with E-state index in [0.29, 0.717) is 5.69 Å². The molecule has 1 aromatic heterocycles. The van der Waals surface area contributed by atoms with E-state index >= 15 is 0 Å². The number of halogens is 1. The van der Waals surface area contributed by atoms with Crippen LogP contribution in [0.15, 0.2) is 47.1 Å². The summed E-state index contributed by atoms with van der Waals surface area (Å²) in [6.45, 7) is 2.20. The zero-order valence-corrected chi connectivity index (χ0v) is 10.6. The summed E-state index contributed by atoms with van der Waals surface area (Å²) in [6, 6.07) is 9.57. The standard InChI is InChI=1S/C14H15FN2O2/c1-10(13-6-3-7-19-13)16-9-14(18)17-12-5-2-4-11(15)8-12/h2-8,10,16H,9H2,1H3,(H,17,18)/p+1/t10-/m1/s1. The van der Waals surface area contributed by atoms with Crippen molar-refractivity contribution < 1.29 is 18.9 Å². The minimum absolute atomic E-state index is 0.0632. The van der Waals surface area contributed by atoms with Gasteiger partial charge >= 0.3 is 0 Å². The average molecular weight is 263 g/mol. The zero-order chi connectivity index (χ0) is 13.7. The Balaban J connectivity index is 1.82. The highest BCUT2D eigenvalue weighted by Gasteiger charge is 2.13. The lowest BCUT2D eigenvalue weighted by Gasteiger charge is -2.08.